The Kier molecular flexibility index (Phi) is 5.53. The van der Waals surface area contributed by atoms with Crippen LogP contribution in [0.2, 0.25) is 0 Å². The summed E-state index contributed by atoms with van der Waals surface area (Å²) >= 11 is 0. The monoisotopic (exact) mass is 252 g/mol. The molecule has 2 amide bonds. The molecule has 96 valence electrons. The van der Waals surface area contributed by atoms with Crippen LogP contribution in [-0.2, 0) is 14.4 Å². The smallest absolute Gasteiger partial charge is 0.267 e. The quantitative estimate of drug-likeness (QED) is 0.596. The second-order valence-corrected chi connectivity index (χ2v) is 3.32. The third-order valence-electron chi connectivity index (χ3n) is 1.93. The molecule has 0 aliphatic rings. The second kappa shape index (κ2) is 7.18. The molecule has 6 heteroatoms. The number of benzene rings is 1. The van der Waals surface area contributed by atoms with Gasteiger partial charge in [-0.1, -0.05) is 12.1 Å². The summed E-state index contributed by atoms with van der Waals surface area (Å²) in [6, 6.07) is 5.78. The van der Waals surface area contributed by atoms with Crippen LogP contribution in [0.15, 0.2) is 30.3 Å². The molecule has 0 heterocycles. The van der Waals surface area contributed by atoms with Crippen LogP contribution in [0, 0.1) is 5.82 Å². The maximum Gasteiger partial charge on any atom is 0.267 e. The lowest BCUT2D eigenvalue weighted by molar-refractivity contribution is -0.135. The van der Waals surface area contributed by atoms with E-state index in [0.717, 1.165) is 0 Å². The highest BCUT2D eigenvalue weighted by molar-refractivity contribution is 5.91. The zero-order valence-electron chi connectivity index (χ0n) is 9.77. The van der Waals surface area contributed by atoms with Gasteiger partial charge in [0.1, 0.15) is 5.82 Å². The molecule has 0 spiro atoms. The van der Waals surface area contributed by atoms with Crippen LogP contribution in [0.5, 0.6) is 0 Å². The largest absolute Gasteiger partial charge is 0.357 e. The van der Waals surface area contributed by atoms with Crippen LogP contribution in [-0.4, -0.2) is 25.5 Å². The molecule has 2 N–H and O–H groups in total. The first-order chi connectivity index (χ1) is 8.61. The molecule has 1 aromatic rings. The predicted molar refractivity (Wildman–Crippen MR) is 63.6 cm³/mol. The lowest BCUT2D eigenvalue weighted by Crippen LogP contribution is -2.30. The molecular weight excluding hydrogens is 239 g/mol. The van der Waals surface area contributed by atoms with Crippen molar-refractivity contribution < 1.29 is 18.8 Å². The normalized spacial score (nSPS) is 10.3. The third-order valence-corrected chi connectivity index (χ3v) is 1.93. The highest BCUT2D eigenvalue weighted by Crippen LogP contribution is 2.04. The van der Waals surface area contributed by atoms with Crippen LogP contribution < -0.4 is 10.8 Å². The third kappa shape index (κ3) is 5.22. The standard InChI is InChI=1S/C12H13FN2O3/c1-14-12(17)8-18-15-11(16)6-5-9-3-2-4-10(13)7-9/h2-7H,8H2,1H3,(H,14,17)(H,15,16)/b6-5+. The molecule has 0 fully saturated rings. The van der Waals surface area contributed by atoms with Crippen molar-refractivity contribution in [3.63, 3.8) is 0 Å². The number of rotatable bonds is 5. The fourth-order valence-corrected chi connectivity index (χ4v) is 1.06. The first-order valence-electron chi connectivity index (χ1n) is 5.18. The van der Waals surface area contributed by atoms with E-state index < -0.39 is 5.91 Å². The number of hydroxylamine groups is 1. The highest BCUT2D eigenvalue weighted by atomic mass is 19.1. The Bertz CT molecular complexity index is 460. The fourth-order valence-electron chi connectivity index (χ4n) is 1.06. The number of hydrogen-bond donors (Lipinski definition) is 2. The van der Waals surface area contributed by atoms with E-state index in [4.69, 9.17) is 0 Å². The molecule has 0 unspecified atom stereocenters. The van der Waals surface area contributed by atoms with Crippen LogP contribution >= 0.6 is 0 Å². The van der Waals surface area contributed by atoms with Crippen molar-refractivity contribution in [1.29, 1.82) is 0 Å². The number of carbonyl (C=O) groups excluding carboxylic acids is 2. The SMILES string of the molecule is CNC(=O)CONC(=O)/C=C/c1cccc(F)c1. The van der Waals surface area contributed by atoms with Gasteiger partial charge < -0.3 is 5.32 Å². The minimum atomic E-state index is -0.539. The molecular formula is C12H13FN2O3. The van der Waals surface area contributed by atoms with Gasteiger partial charge in [0.2, 0.25) is 5.91 Å². The van der Waals surface area contributed by atoms with E-state index in [9.17, 15) is 14.0 Å². The molecule has 0 atom stereocenters. The van der Waals surface area contributed by atoms with E-state index in [1.165, 1.54) is 37.4 Å². The summed E-state index contributed by atoms with van der Waals surface area (Å²) in [5.74, 6) is -1.28. The van der Waals surface area contributed by atoms with Gasteiger partial charge >= 0.3 is 0 Å². The van der Waals surface area contributed by atoms with E-state index in [-0.39, 0.29) is 18.3 Å². The summed E-state index contributed by atoms with van der Waals surface area (Å²) < 4.78 is 12.8. The van der Waals surface area contributed by atoms with Crippen molar-refractivity contribution in [2.75, 3.05) is 13.7 Å². The first-order valence-corrected chi connectivity index (χ1v) is 5.18. The Morgan fingerprint density at radius 2 is 2.22 bits per heavy atom. The Labute approximate surface area is 104 Å². The van der Waals surface area contributed by atoms with E-state index >= 15 is 0 Å². The van der Waals surface area contributed by atoms with Crippen molar-refractivity contribution in [3.8, 4) is 0 Å². The first kappa shape index (κ1) is 13.9. The maximum absolute atomic E-state index is 12.8. The number of likely N-dealkylation sites (N-methyl/N-ethyl adjacent to an activating group) is 1. The summed E-state index contributed by atoms with van der Waals surface area (Å²) in [7, 11) is 1.46. The summed E-state index contributed by atoms with van der Waals surface area (Å²) in [5, 5.41) is 2.33. The van der Waals surface area contributed by atoms with E-state index in [1.54, 1.807) is 6.07 Å². The van der Waals surface area contributed by atoms with E-state index in [1.807, 2.05) is 0 Å². The molecule has 0 aromatic heterocycles. The molecule has 0 aliphatic heterocycles. The number of halogens is 1. The van der Waals surface area contributed by atoms with E-state index in [2.05, 4.69) is 15.6 Å². The van der Waals surface area contributed by atoms with Gasteiger partial charge in [0, 0.05) is 13.1 Å². The average molecular weight is 252 g/mol. The van der Waals surface area contributed by atoms with Crippen molar-refractivity contribution in [2.24, 2.45) is 0 Å². The molecule has 0 bridgehead atoms. The summed E-state index contributed by atoms with van der Waals surface area (Å²) in [6.07, 6.45) is 2.61. The Morgan fingerprint density at radius 3 is 2.89 bits per heavy atom. The van der Waals surface area contributed by atoms with Gasteiger partial charge in [0.05, 0.1) is 0 Å². The van der Waals surface area contributed by atoms with Crippen LogP contribution in [0.25, 0.3) is 6.08 Å². The molecule has 0 saturated carbocycles. The van der Waals surface area contributed by atoms with Gasteiger partial charge in [-0.2, -0.15) is 0 Å². The van der Waals surface area contributed by atoms with Crippen molar-refractivity contribution >= 4 is 17.9 Å². The van der Waals surface area contributed by atoms with Gasteiger partial charge in [-0.3, -0.25) is 14.4 Å². The number of nitrogens with one attached hydrogen (secondary N) is 2. The highest BCUT2D eigenvalue weighted by Gasteiger charge is 1.99. The minimum absolute atomic E-state index is 0.268. The molecule has 0 aliphatic carbocycles. The Balaban J connectivity index is 2.38. The molecule has 0 radical (unpaired) electrons. The van der Waals surface area contributed by atoms with Crippen molar-refractivity contribution in [3.05, 3.63) is 41.7 Å². The lowest BCUT2D eigenvalue weighted by atomic mass is 10.2. The molecule has 18 heavy (non-hydrogen) atoms. The number of carbonyl (C=O) groups is 2. The van der Waals surface area contributed by atoms with Crippen molar-refractivity contribution in [2.45, 2.75) is 0 Å². The van der Waals surface area contributed by atoms with Gasteiger partial charge in [-0.25, -0.2) is 9.87 Å². The Hall–Kier alpha value is -2.21. The zero-order valence-corrected chi connectivity index (χ0v) is 9.77. The molecule has 0 saturated heterocycles. The summed E-state index contributed by atoms with van der Waals surface area (Å²) in [6.45, 7) is -0.268. The molecule has 5 nitrogen and oxygen atoms in total. The summed E-state index contributed by atoms with van der Waals surface area (Å²) in [4.78, 5) is 26.6. The van der Waals surface area contributed by atoms with Crippen LogP contribution in [0.1, 0.15) is 5.56 Å². The maximum atomic E-state index is 12.8. The molecule has 1 aromatic carbocycles. The average Bonchev–Trinajstić information content (AvgIpc) is 2.36. The fraction of sp³-hybridized carbons (Fsp3) is 0.167. The van der Waals surface area contributed by atoms with Gasteiger partial charge in [0.25, 0.3) is 5.91 Å². The van der Waals surface area contributed by atoms with Crippen LogP contribution in [0.4, 0.5) is 4.39 Å². The Morgan fingerprint density at radius 1 is 1.44 bits per heavy atom. The number of hydrogen-bond acceptors (Lipinski definition) is 3. The number of amides is 2. The second-order valence-electron chi connectivity index (χ2n) is 3.32. The van der Waals surface area contributed by atoms with Gasteiger partial charge in [0.15, 0.2) is 6.61 Å². The van der Waals surface area contributed by atoms with Gasteiger partial charge in [-0.05, 0) is 23.8 Å². The van der Waals surface area contributed by atoms with Crippen LogP contribution in [0.3, 0.4) is 0 Å². The topological polar surface area (TPSA) is 67.4 Å². The summed E-state index contributed by atoms with van der Waals surface area (Å²) in [5.41, 5.74) is 2.60. The lowest BCUT2D eigenvalue weighted by Gasteiger charge is -2.01. The van der Waals surface area contributed by atoms with E-state index in [0.29, 0.717) is 5.56 Å². The molecule has 1 rings (SSSR count). The predicted octanol–water partition coefficient (Wildman–Crippen LogP) is 0.633. The van der Waals surface area contributed by atoms with Crippen molar-refractivity contribution in [1.82, 2.24) is 10.8 Å². The zero-order chi connectivity index (χ0) is 13.4. The van der Waals surface area contributed by atoms with Gasteiger partial charge in [-0.15, -0.1) is 0 Å². The minimum Gasteiger partial charge on any atom is -0.357 e.